The van der Waals surface area contributed by atoms with Gasteiger partial charge in [-0.05, 0) is 11.1 Å². The van der Waals surface area contributed by atoms with E-state index in [0.717, 1.165) is 25.9 Å². The highest BCUT2D eigenvalue weighted by atomic mass is 16.6. The fourth-order valence-electron chi connectivity index (χ4n) is 5.32. The van der Waals surface area contributed by atoms with Crippen molar-refractivity contribution in [3.8, 4) is 0 Å². The first kappa shape index (κ1) is 22.3. The number of hydrogen-bond donors (Lipinski definition) is 2. The van der Waals surface area contributed by atoms with Crippen molar-refractivity contribution in [3.05, 3.63) is 84.1 Å². The molecule has 1 atom stereocenters. The molecule has 3 fully saturated rings. The second-order valence-electron chi connectivity index (χ2n) is 9.29. The second-order valence-corrected chi connectivity index (χ2v) is 9.29. The van der Waals surface area contributed by atoms with E-state index in [1.807, 2.05) is 12.1 Å². The zero-order valence-corrected chi connectivity index (χ0v) is 18.8. The number of aliphatic hydroxyl groups is 1. The number of aromatic nitrogens is 1. The summed E-state index contributed by atoms with van der Waals surface area (Å²) in [5.74, 6) is -0.231. The van der Waals surface area contributed by atoms with E-state index in [9.17, 15) is 14.7 Å². The number of quaternary nitrogens is 1. The fraction of sp³-hybridized carbons (Fsp3) is 0.346. The van der Waals surface area contributed by atoms with Crippen LogP contribution in [0.25, 0.3) is 0 Å². The SMILES string of the molecule is O=C(C[N+]12CCC(CC1)C(OC(=O)C(O)(c1ccccc1)c1ccccc1)C2)Nc1ccon1. The number of anilines is 1. The number of ether oxygens (including phenoxy) is 1. The molecule has 3 aliphatic heterocycles. The Hall–Kier alpha value is -3.49. The van der Waals surface area contributed by atoms with E-state index in [2.05, 4.69) is 10.5 Å². The quantitative estimate of drug-likeness (QED) is 0.414. The van der Waals surface area contributed by atoms with Crippen LogP contribution in [0, 0.1) is 5.92 Å². The minimum atomic E-state index is -1.91. The van der Waals surface area contributed by atoms with Gasteiger partial charge in [0.05, 0.1) is 13.1 Å². The van der Waals surface area contributed by atoms with E-state index >= 15 is 0 Å². The van der Waals surface area contributed by atoms with E-state index < -0.39 is 11.6 Å². The highest BCUT2D eigenvalue weighted by molar-refractivity contribution is 5.90. The average Bonchev–Trinajstić information content (AvgIpc) is 3.37. The summed E-state index contributed by atoms with van der Waals surface area (Å²) >= 11 is 0. The van der Waals surface area contributed by atoms with Crippen LogP contribution in [-0.4, -0.2) is 58.9 Å². The molecule has 3 aromatic rings. The van der Waals surface area contributed by atoms with Gasteiger partial charge in [-0.1, -0.05) is 65.8 Å². The Bertz CT molecular complexity index is 1090. The average molecular weight is 463 g/mol. The van der Waals surface area contributed by atoms with Gasteiger partial charge < -0.3 is 24.2 Å². The van der Waals surface area contributed by atoms with E-state index in [1.54, 1.807) is 54.6 Å². The number of carbonyl (C=O) groups is 2. The molecule has 0 spiro atoms. The number of piperidine rings is 3. The van der Waals surface area contributed by atoms with Crippen molar-refractivity contribution >= 4 is 17.7 Å². The van der Waals surface area contributed by atoms with Gasteiger partial charge in [0.15, 0.2) is 18.5 Å². The molecule has 3 saturated heterocycles. The van der Waals surface area contributed by atoms with Gasteiger partial charge in [0.25, 0.3) is 5.91 Å². The Labute approximate surface area is 197 Å². The molecule has 1 amide bonds. The molecule has 176 valence electrons. The minimum absolute atomic E-state index is 0.149. The lowest BCUT2D eigenvalue weighted by atomic mass is 9.82. The van der Waals surface area contributed by atoms with E-state index in [-0.39, 0.29) is 24.5 Å². The lowest BCUT2D eigenvalue weighted by Crippen LogP contribution is -2.66. The molecule has 1 aromatic heterocycles. The Morgan fingerprint density at radius 1 is 1.03 bits per heavy atom. The number of hydrogen-bond acceptors (Lipinski definition) is 6. The summed E-state index contributed by atoms with van der Waals surface area (Å²) in [7, 11) is 0. The molecule has 3 aliphatic rings. The van der Waals surface area contributed by atoms with Crippen molar-refractivity contribution in [2.24, 2.45) is 5.92 Å². The summed E-state index contributed by atoms with van der Waals surface area (Å²) in [6, 6.07) is 19.4. The zero-order chi connectivity index (χ0) is 23.6. The van der Waals surface area contributed by atoms with Crippen LogP contribution in [0.4, 0.5) is 5.82 Å². The molecular formula is C26H28N3O5+. The van der Waals surface area contributed by atoms with Gasteiger partial charge in [0.2, 0.25) is 5.60 Å². The van der Waals surface area contributed by atoms with Crippen LogP contribution in [-0.2, 0) is 19.9 Å². The number of rotatable bonds is 7. The van der Waals surface area contributed by atoms with Crippen molar-refractivity contribution in [1.82, 2.24) is 5.16 Å². The predicted octanol–water partition coefficient (Wildman–Crippen LogP) is 2.70. The minimum Gasteiger partial charge on any atom is -0.453 e. The molecule has 6 rings (SSSR count). The van der Waals surface area contributed by atoms with Crippen molar-refractivity contribution in [2.45, 2.75) is 24.5 Å². The number of nitrogens with zero attached hydrogens (tertiary/aromatic N) is 2. The number of fused-ring (bicyclic) bond motifs is 3. The monoisotopic (exact) mass is 462 g/mol. The molecule has 2 N–H and O–H groups in total. The zero-order valence-electron chi connectivity index (χ0n) is 18.8. The highest BCUT2D eigenvalue weighted by Crippen LogP contribution is 2.38. The molecular weight excluding hydrogens is 434 g/mol. The van der Waals surface area contributed by atoms with Crippen LogP contribution in [0.2, 0.25) is 0 Å². The molecule has 2 bridgehead atoms. The maximum atomic E-state index is 13.6. The van der Waals surface area contributed by atoms with E-state index in [1.165, 1.54) is 6.26 Å². The molecule has 34 heavy (non-hydrogen) atoms. The van der Waals surface area contributed by atoms with Crippen molar-refractivity contribution in [2.75, 3.05) is 31.5 Å². The van der Waals surface area contributed by atoms with E-state index in [4.69, 9.17) is 9.26 Å². The van der Waals surface area contributed by atoms with Crippen molar-refractivity contribution in [1.29, 1.82) is 0 Å². The number of benzene rings is 2. The first-order chi connectivity index (χ1) is 16.5. The predicted molar refractivity (Wildman–Crippen MR) is 123 cm³/mol. The first-order valence-corrected chi connectivity index (χ1v) is 11.6. The summed E-state index contributed by atoms with van der Waals surface area (Å²) in [4.78, 5) is 26.2. The maximum absolute atomic E-state index is 13.6. The molecule has 1 unspecified atom stereocenters. The number of amides is 1. The van der Waals surface area contributed by atoms with Gasteiger partial charge in [-0.15, -0.1) is 0 Å². The van der Waals surface area contributed by atoms with Gasteiger partial charge in [-0.2, -0.15) is 0 Å². The Morgan fingerprint density at radius 2 is 1.65 bits per heavy atom. The smallest absolute Gasteiger partial charge is 0.348 e. The molecule has 8 nitrogen and oxygen atoms in total. The summed E-state index contributed by atoms with van der Waals surface area (Å²) in [5, 5.41) is 18.2. The lowest BCUT2D eigenvalue weighted by Gasteiger charge is -2.51. The van der Waals surface area contributed by atoms with Crippen LogP contribution in [0.5, 0.6) is 0 Å². The Morgan fingerprint density at radius 3 is 2.21 bits per heavy atom. The number of esters is 1. The third kappa shape index (κ3) is 4.22. The largest absolute Gasteiger partial charge is 0.453 e. The molecule has 4 heterocycles. The van der Waals surface area contributed by atoms with Gasteiger partial charge in [0, 0.05) is 24.8 Å². The van der Waals surface area contributed by atoms with Crippen LogP contribution in [0.1, 0.15) is 24.0 Å². The van der Waals surface area contributed by atoms with E-state index in [0.29, 0.717) is 28.0 Å². The molecule has 2 aromatic carbocycles. The van der Waals surface area contributed by atoms with Gasteiger partial charge >= 0.3 is 5.97 Å². The van der Waals surface area contributed by atoms with Gasteiger partial charge in [0.1, 0.15) is 12.8 Å². The molecule has 0 radical (unpaired) electrons. The topological polar surface area (TPSA) is 102 Å². The number of carbonyl (C=O) groups excluding carboxylic acids is 2. The summed E-state index contributed by atoms with van der Waals surface area (Å²) in [6.45, 7) is 2.52. The lowest BCUT2D eigenvalue weighted by molar-refractivity contribution is -0.939. The maximum Gasteiger partial charge on any atom is 0.348 e. The summed E-state index contributed by atoms with van der Waals surface area (Å²) in [6.07, 6.45) is 2.77. The van der Waals surface area contributed by atoms with Crippen LogP contribution in [0.3, 0.4) is 0 Å². The first-order valence-electron chi connectivity index (χ1n) is 11.6. The second kappa shape index (κ2) is 9.04. The Kier molecular flexibility index (Phi) is 5.93. The van der Waals surface area contributed by atoms with Crippen LogP contribution >= 0.6 is 0 Å². The van der Waals surface area contributed by atoms with Crippen LogP contribution < -0.4 is 5.32 Å². The summed E-state index contributed by atoms with van der Waals surface area (Å²) < 4.78 is 11.4. The Balaban J connectivity index is 1.34. The third-order valence-corrected chi connectivity index (χ3v) is 7.16. The molecule has 8 heteroatoms. The van der Waals surface area contributed by atoms with Gasteiger partial charge in [-0.3, -0.25) is 4.79 Å². The van der Waals surface area contributed by atoms with Crippen molar-refractivity contribution < 1.29 is 28.4 Å². The molecule has 0 saturated carbocycles. The van der Waals surface area contributed by atoms with Gasteiger partial charge in [-0.25, -0.2) is 4.79 Å². The highest BCUT2D eigenvalue weighted by Gasteiger charge is 2.51. The number of nitrogens with one attached hydrogen (secondary N) is 1. The fourth-order valence-corrected chi connectivity index (χ4v) is 5.32. The van der Waals surface area contributed by atoms with Crippen molar-refractivity contribution in [3.63, 3.8) is 0 Å². The van der Waals surface area contributed by atoms with Crippen LogP contribution in [0.15, 0.2) is 77.5 Å². The summed E-state index contributed by atoms with van der Waals surface area (Å²) in [5.41, 5.74) is -0.990. The normalized spacial score (nSPS) is 23.9. The third-order valence-electron chi connectivity index (χ3n) is 7.16. The standard InChI is InChI=1S/C26H27N3O5/c30-24(27-23-13-16-33-28-23)18-29-14-11-19(12-15-29)22(17-29)34-25(31)26(32,20-7-3-1-4-8-20)21-9-5-2-6-10-21/h1-10,13,16,19,22,32H,11-12,14-15,17-18H2/p+1. The molecule has 0 aliphatic carbocycles.